The molecule has 0 aliphatic carbocycles. The fourth-order valence-corrected chi connectivity index (χ4v) is 3.20. The molecule has 0 heterocycles. The van der Waals surface area contributed by atoms with Crippen molar-refractivity contribution in [2.45, 2.75) is 18.8 Å². The SMILES string of the molecule is CN(Cc1ccccc1)c1cc(-c2cccc(C(O)C(F)(F)F)c2)cc(N=O)c1N. The molecule has 5 nitrogen and oxygen atoms in total. The second kappa shape index (κ2) is 8.54. The Balaban J connectivity index is 2.02. The van der Waals surface area contributed by atoms with Gasteiger partial charge in [-0.15, -0.1) is 4.91 Å². The fourth-order valence-electron chi connectivity index (χ4n) is 3.20. The van der Waals surface area contributed by atoms with E-state index in [1.165, 1.54) is 24.3 Å². The number of hydrogen-bond donors (Lipinski definition) is 2. The highest BCUT2D eigenvalue weighted by Gasteiger charge is 2.39. The van der Waals surface area contributed by atoms with Gasteiger partial charge in [0.1, 0.15) is 5.69 Å². The molecule has 0 amide bonds. The summed E-state index contributed by atoms with van der Waals surface area (Å²) in [6.07, 6.45) is -7.38. The number of nitrogen functional groups attached to an aromatic ring is 1. The van der Waals surface area contributed by atoms with Crippen molar-refractivity contribution in [2.75, 3.05) is 17.7 Å². The lowest BCUT2D eigenvalue weighted by Gasteiger charge is -2.23. The van der Waals surface area contributed by atoms with Gasteiger partial charge in [0.15, 0.2) is 6.10 Å². The van der Waals surface area contributed by atoms with E-state index in [-0.39, 0.29) is 16.9 Å². The predicted octanol–water partition coefficient (Wildman–Crippen LogP) is 5.57. The number of aliphatic hydroxyl groups excluding tert-OH is 1. The molecule has 0 aromatic heterocycles. The Labute approximate surface area is 171 Å². The minimum absolute atomic E-state index is 0.0100. The molecule has 30 heavy (non-hydrogen) atoms. The van der Waals surface area contributed by atoms with Gasteiger partial charge in [0.05, 0.1) is 11.4 Å². The van der Waals surface area contributed by atoms with Crippen LogP contribution < -0.4 is 10.6 Å². The molecule has 8 heteroatoms. The zero-order chi connectivity index (χ0) is 21.9. The standard InChI is InChI=1S/C22H20F3N3O2/c1-28(13-14-6-3-2-4-7-14)19-12-17(11-18(27-30)20(19)26)15-8-5-9-16(10-15)21(29)22(23,24)25/h2-12,21,29H,13,26H2,1H3. The van der Waals surface area contributed by atoms with Crippen LogP contribution in [-0.4, -0.2) is 18.3 Å². The van der Waals surface area contributed by atoms with E-state index in [0.29, 0.717) is 23.4 Å². The van der Waals surface area contributed by atoms with Crippen LogP contribution in [0.4, 0.5) is 30.2 Å². The molecule has 0 bridgehead atoms. The van der Waals surface area contributed by atoms with E-state index in [0.717, 1.165) is 5.56 Å². The van der Waals surface area contributed by atoms with Gasteiger partial charge in [-0.05, 0) is 45.6 Å². The summed E-state index contributed by atoms with van der Waals surface area (Å²) in [6.45, 7) is 0.500. The minimum Gasteiger partial charge on any atom is -0.395 e. The smallest absolute Gasteiger partial charge is 0.395 e. The Bertz CT molecular complexity index is 1040. The zero-order valence-electron chi connectivity index (χ0n) is 16.1. The average molecular weight is 415 g/mol. The first-order chi connectivity index (χ1) is 14.2. The number of halogens is 3. The van der Waals surface area contributed by atoms with Crippen molar-refractivity contribution in [1.29, 1.82) is 0 Å². The number of benzene rings is 3. The minimum atomic E-state index is -4.78. The molecule has 0 aliphatic heterocycles. The Kier molecular flexibility index (Phi) is 6.07. The zero-order valence-corrected chi connectivity index (χ0v) is 16.1. The molecular formula is C22H20F3N3O2. The number of alkyl halides is 3. The summed E-state index contributed by atoms with van der Waals surface area (Å²) in [6, 6.07) is 18.1. The fraction of sp³-hybridized carbons (Fsp3) is 0.182. The lowest BCUT2D eigenvalue weighted by molar-refractivity contribution is -0.206. The summed E-state index contributed by atoms with van der Waals surface area (Å²) >= 11 is 0. The summed E-state index contributed by atoms with van der Waals surface area (Å²) in [4.78, 5) is 13.1. The normalized spacial score (nSPS) is 12.4. The summed E-state index contributed by atoms with van der Waals surface area (Å²) in [5.74, 6) is 0. The number of rotatable bonds is 6. The van der Waals surface area contributed by atoms with Crippen LogP contribution in [0.1, 0.15) is 17.2 Å². The summed E-state index contributed by atoms with van der Waals surface area (Å²) in [5, 5.41) is 12.5. The van der Waals surface area contributed by atoms with Crippen LogP contribution in [0, 0.1) is 4.91 Å². The third kappa shape index (κ3) is 4.60. The van der Waals surface area contributed by atoms with Gasteiger partial charge in [0.2, 0.25) is 0 Å². The van der Waals surface area contributed by atoms with Crippen molar-refractivity contribution in [3.8, 4) is 11.1 Å². The first-order valence-corrected chi connectivity index (χ1v) is 9.07. The quantitative estimate of drug-likeness (QED) is 0.408. The molecule has 156 valence electrons. The lowest BCUT2D eigenvalue weighted by Crippen LogP contribution is -2.20. The summed E-state index contributed by atoms with van der Waals surface area (Å²) < 4.78 is 38.7. The van der Waals surface area contributed by atoms with Gasteiger partial charge in [0, 0.05) is 13.6 Å². The molecule has 1 atom stereocenters. The maximum atomic E-state index is 12.9. The number of aliphatic hydroxyl groups is 1. The molecule has 3 rings (SSSR count). The third-order valence-corrected chi connectivity index (χ3v) is 4.75. The highest BCUT2D eigenvalue weighted by molar-refractivity contribution is 5.86. The molecule has 0 radical (unpaired) electrons. The van der Waals surface area contributed by atoms with Crippen LogP contribution in [-0.2, 0) is 6.54 Å². The van der Waals surface area contributed by atoms with Gasteiger partial charge in [0.25, 0.3) is 0 Å². The molecular weight excluding hydrogens is 395 g/mol. The maximum Gasteiger partial charge on any atom is 0.418 e. The Hall–Kier alpha value is -3.39. The van der Waals surface area contributed by atoms with Crippen molar-refractivity contribution < 1.29 is 18.3 Å². The van der Waals surface area contributed by atoms with Crippen molar-refractivity contribution in [1.82, 2.24) is 0 Å². The second-order valence-corrected chi connectivity index (χ2v) is 6.93. The van der Waals surface area contributed by atoms with Crippen molar-refractivity contribution >= 4 is 17.1 Å². The summed E-state index contributed by atoms with van der Waals surface area (Å²) in [5.41, 5.74) is 8.38. The van der Waals surface area contributed by atoms with Gasteiger partial charge in [-0.3, -0.25) is 0 Å². The van der Waals surface area contributed by atoms with E-state index in [2.05, 4.69) is 5.18 Å². The van der Waals surface area contributed by atoms with Gasteiger partial charge in [-0.2, -0.15) is 13.2 Å². The van der Waals surface area contributed by atoms with E-state index in [1.54, 1.807) is 19.2 Å². The Morgan fingerprint density at radius 1 is 1.03 bits per heavy atom. The average Bonchev–Trinajstić information content (AvgIpc) is 2.73. The Morgan fingerprint density at radius 3 is 2.37 bits per heavy atom. The number of hydrogen-bond acceptors (Lipinski definition) is 5. The highest BCUT2D eigenvalue weighted by Crippen LogP contribution is 2.39. The maximum absolute atomic E-state index is 12.9. The van der Waals surface area contributed by atoms with Gasteiger partial charge < -0.3 is 15.7 Å². The van der Waals surface area contributed by atoms with Gasteiger partial charge in [-0.1, -0.05) is 48.5 Å². The molecule has 3 aromatic carbocycles. The van der Waals surface area contributed by atoms with E-state index >= 15 is 0 Å². The van der Waals surface area contributed by atoms with E-state index in [4.69, 9.17) is 5.73 Å². The van der Waals surface area contributed by atoms with Gasteiger partial charge >= 0.3 is 6.18 Å². The number of nitrogens with two attached hydrogens (primary N) is 1. The van der Waals surface area contributed by atoms with E-state index in [9.17, 15) is 23.2 Å². The van der Waals surface area contributed by atoms with Crippen LogP contribution in [0.15, 0.2) is 71.9 Å². The first kappa shape index (κ1) is 21.3. The monoisotopic (exact) mass is 415 g/mol. The number of nitrogens with zero attached hydrogens (tertiary/aromatic N) is 2. The van der Waals surface area contributed by atoms with Crippen LogP contribution in [0.5, 0.6) is 0 Å². The van der Waals surface area contributed by atoms with Crippen LogP contribution in [0.25, 0.3) is 11.1 Å². The molecule has 0 fully saturated rings. The van der Waals surface area contributed by atoms with E-state index in [1.807, 2.05) is 35.2 Å². The Morgan fingerprint density at radius 2 is 1.73 bits per heavy atom. The molecule has 3 N–H and O–H groups in total. The highest BCUT2D eigenvalue weighted by atomic mass is 19.4. The van der Waals surface area contributed by atoms with Crippen molar-refractivity contribution in [2.24, 2.45) is 5.18 Å². The number of nitroso groups, excluding NO2 is 1. The summed E-state index contributed by atoms with van der Waals surface area (Å²) in [7, 11) is 1.79. The molecule has 0 aliphatic rings. The molecule has 1 unspecified atom stereocenters. The van der Waals surface area contributed by atoms with E-state index < -0.39 is 12.3 Å². The second-order valence-electron chi connectivity index (χ2n) is 6.93. The van der Waals surface area contributed by atoms with Crippen LogP contribution in [0.2, 0.25) is 0 Å². The van der Waals surface area contributed by atoms with Gasteiger partial charge in [-0.25, -0.2) is 0 Å². The van der Waals surface area contributed by atoms with Crippen LogP contribution >= 0.6 is 0 Å². The lowest BCUT2D eigenvalue weighted by atomic mass is 9.98. The molecule has 3 aromatic rings. The van der Waals surface area contributed by atoms with Crippen molar-refractivity contribution in [3.63, 3.8) is 0 Å². The third-order valence-electron chi connectivity index (χ3n) is 4.75. The topological polar surface area (TPSA) is 78.9 Å². The first-order valence-electron chi connectivity index (χ1n) is 9.07. The molecule has 0 spiro atoms. The number of anilines is 2. The molecule has 0 saturated heterocycles. The van der Waals surface area contributed by atoms with Crippen LogP contribution in [0.3, 0.4) is 0 Å². The largest absolute Gasteiger partial charge is 0.418 e. The predicted molar refractivity (Wildman–Crippen MR) is 111 cm³/mol. The molecule has 0 saturated carbocycles. The van der Waals surface area contributed by atoms with Crippen molar-refractivity contribution in [3.05, 3.63) is 82.8 Å².